The molecule has 0 aliphatic carbocycles. The monoisotopic (exact) mass is 491 g/mol. The summed E-state index contributed by atoms with van der Waals surface area (Å²) in [4.78, 5) is 27.0. The summed E-state index contributed by atoms with van der Waals surface area (Å²) in [5.74, 6) is -1.42. The maximum Gasteiger partial charge on any atom is 0.416 e. The normalized spacial score (nSPS) is 20.6. The number of rotatable bonds is 11. The van der Waals surface area contributed by atoms with E-state index in [0.717, 1.165) is 5.56 Å². The van der Waals surface area contributed by atoms with Crippen LogP contribution in [-0.4, -0.2) is 55.2 Å². The van der Waals surface area contributed by atoms with Crippen molar-refractivity contribution in [3.05, 3.63) is 35.9 Å². The third-order valence-electron chi connectivity index (χ3n) is 7.79. The molecule has 192 valence electrons. The average molecular weight is 492 g/mol. The first-order valence-corrected chi connectivity index (χ1v) is 14.9. The number of hydrogen-bond donors (Lipinski definition) is 1. The first kappa shape index (κ1) is 28.5. The molecule has 2 rings (SSSR count). The molecular formula is C27H45NO5Si. The van der Waals surface area contributed by atoms with Gasteiger partial charge in [-0.2, -0.15) is 0 Å². The van der Waals surface area contributed by atoms with Gasteiger partial charge >= 0.3 is 6.09 Å². The number of aliphatic hydroxyl groups is 1. The lowest BCUT2D eigenvalue weighted by atomic mass is 9.89. The van der Waals surface area contributed by atoms with E-state index in [1.165, 1.54) is 4.90 Å². The van der Waals surface area contributed by atoms with Crippen molar-refractivity contribution in [3.8, 4) is 0 Å². The van der Waals surface area contributed by atoms with E-state index in [1.807, 2.05) is 44.2 Å². The maximum atomic E-state index is 13.4. The molecule has 34 heavy (non-hydrogen) atoms. The van der Waals surface area contributed by atoms with Crippen LogP contribution in [0.3, 0.4) is 0 Å². The second-order valence-electron chi connectivity index (χ2n) is 10.9. The fraction of sp³-hybridized carbons (Fsp3) is 0.704. The zero-order chi connectivity index (χ0) is 25.8. The Morgan fingerprint density at radius 1 is 1.03 bits per heavy atom. The van der Waals surface area contributed by atoms with Gasteiger partial charge in [0, 0.05) is 12.0 Å². The van der Waals surface area contributed by atoms with Crippen molar-refractivity contribution in [2.45, 2.75) is 104 Å². The maximum absolute atomic E-state index is 13.4. The quantitative estimate of drug-likeness (QED) is 0.397. The molecule has 1 saturated heterocycles. The second-order valence-corrected chi connectivity index (χ2v) is 16.3. The molecule has 1 fully saturated rings. The van der Waals surface area contributed by atoms with Gasteiger partial charge in [-0.1, -0.05) is 85.7 Å². The fourth-order valence-corrected chi connectivity index (χ4v) is 11.4. The molecule has 1 aliphatic heterocycles. The molecule has 0 radical (unpaired) electrons. The summed E-state index contributed by atoms with van der Waals surface area (Å²) in [6, 6.07) is 9.37. The number of carbonyl (C=O) groups excluding carboxylic acids is 2. The summed E-state index contributed by atoms with van der Waals surface area (Å²) in [6.07, 6.45) is -1.25. The van der Waals surface area contributed by atoms with E-state index in [-0.39, 0.29) is 24.7 Å². The van der Waals surface area contributed by atoms with Crippen LogP contribution in [0.1, 0.15) is 67.9 Å². The zero-order valence-corrected chi connectivity index (χ0v) is 23.4. The minimum Gasteiger partial charge on any atom is -0.447 e. The minimum atomic E-state index is -2.13. The Kier molecular flexibility index (Phi) is 9.92. The van der Waals surface area contributed by atoms with Crippen molar-refractivity contribution in [3.63, 3.8) is 0 Å². The average Bonchev–Trinajstić information content (AvgIpc) is 3.14. The van der Waals surface area contributed by atoms with Gasteiger partial charge in [0.2, 0.25) is 14.2 Å². The van der Waals surface area contributed by atoms with E-state index >= 15 is 0 Å². The summed E-state index contributed by atoms with van der Waals surface area (Å²) < 4.78 is 12.1. The summed E-state index contributed by atoms with van der Waals surface area (Å²) in [7, 11) is -2.13. The molecule has 0 spiro atoms. The largest absolute Gasteiger partial charge is 0.447 e. The molecule has 0 saturated carbocycles. The van der Waals surface area contributed by atoms with E-state index in [2.05, 4.69) is 41.5 Å². The number of ether oxygens (including phenoxy) is 1. The number of amides is 2. The molecule has 1 aromatic rings. The summed E-state index contributed by atoms with van der Waals surface area (Å²) in [6.45, 7) is 19.2. The molecule has 1 aromatic carbocycles. The van der Waals surface area contributed by atoms with Crippen molar-refractivity contribution in [2.75, 3.05) is 6.61 Å². The SMILES string of the molecule is CC(C)[Si](O[C@H](C)[C@H](C)[C@H](O)[C@@H](C)C(=O)N1C(=O)OC[C@H]1Cc1ccccc1)(C(C)C)C(C)C. The number of nitrogens with zero attached hydrogens (tertiary/aromatic N) is 1. The Bertz CT molecular complexity index is 791. The topological polar surface area (TPSA) is 76.1 Å². The Morgan fingerprint density at radius 2 is 1.56 bits per heavy atom. The lowest BCUT2D eigenvalue weighted by molar-refractivity contribution is -0.138. The highest BCUT2D eigenvalue weighted by molar-refractivity contribution is 6.77. The van der Waals surface area contributed by atoms with Crippen molar-refractivity contribution in [2.24, 2.45) is 11.8 Å². The molecule has 1 N–H and O–H groups in total. The van der Waals surface area contributed by atoms with Crippen LogP contribution in [0.4, 0.5) is 4.79 Å². The van der Waals surface area contributed by atoms with Gasteiger partial charge in [-0.05, 0) is 35.5 Å². The number of imide groups is 1. The van der Waals surface area contributed by atoms with Gasteiger partial charge in [-0.15, -0.1) is 0 Å². The van der Waals surface area contributed by atoms with Gasteiger partial charge in [0.05, 0.1) is 18.1 Å². The van der Waals surface area contributed by atoms with E-state index in [1.54, 1.807) is 6.92 Å². The first-order valence-electron chi connectivity index (χ1n) is 12.7. The Labute approximate surface area is 207 Å². The van der Waals surface area contributed by atoms with Gasteiger partial charge in [-0.25, -0.2) is 9.69 Å². The van der Waals surface area contributed by atoms with Crippen LogP contribution >= 0.6 is 0 Å². The molecule has 2 amide bonds. The van der Waals surface area contributed by atoms with Crippen molar-refractivity contribution >= 4 is 20.3 Å². The molecule has 0 bridgehead atoms. The van der Waals surface area contributed by atoms with Gasteiger partial charge in [0.1, 0.15) is 6.61 Å². The van der Waals surface area contributed by atoms with Crippen LogP contribution < -0.4 is 0 Å². The van der Waals surface area contributed by atoms with E-state index in [4.69, 9.17) is 9.16 Å². The molecule has 1 aliphatic rings. The minimum absolute atomic E-state index is 0.169. The van der Waals surface area contributed by atoms with Crippen LogP contribution in [0, 0.1) is 11.8 Å². The van der Waals surface area contributed by atoms with Crippen LogP contribution in [0.15, 0.2) is 30.3 Å². The van der Waals surface area contributed by atoms with Crippen molar-refractivity contribution < 1.29 is 23.9 Å². The number of aliphatic hydroxyl groups excluding tert-OH is 1. The third kappa shape index (κ3) is 5.92. The van der Waals surface area contributed by atoms with Crippen LogP contribution in [0.2, 0.25) is 16.6 Å². The number of benzene rings is 1. The Morgan fingerprint density at radius 3 is 2.06 bits per heavy atom. The molecule has 5 atom stereocenters. The van der Waals surface area contributed by atoms with Crippen LogP contribution in [-0.2, 0) is 20.4 Å². The Hall–Kier alpha value is -1.70. The number of carbonyl (C=O) groups is 2. The molecule has 6 nitrogen and oxygen atoms in total. The van der Waals surface area contributed by atoms with Crippen LogP contribution in [0.5, 0.6) is 0 Å². The summed E-state index contributed by atoms with van der Waals surface area (Å²) in [5, 5.41) is 11.2. The van der Waals surface area contributed by atoms with E-state index in [9.17, 15) is 14.7 Å². The van der Waals surface area contributed by atoms with Gasteiger partial charge in [0.25, 0.3) is 0 Å². The van der Waals surface area contributed by atoms with Crippen molar-refractivity contribution in [1.82, 2.24) is 4.90 Å². The van der Waals surface area contributed by atoms with E-state index in [0.29, 0.717) is 23.0 Å². The van der Waals surface area contributed by atoms with Gasteiger partial charge in [-0.3, -0.25) is 4.79 Å². The van der Waals surface area contributed by atoms with E-state index < -0.39 is 32.3 Å². The highest BCUT2D eigenvalue weighted by Crippen LogP contribution is 2.44. The number of cyclic esters (lactones) is 1. The van der Waals surface area contributed by atoms with Crippen LogP contribution in [0.25, 0.3) is 0 Å². The fourth-order valence-electron chi connectivity index (χ4n) is 5.70. The molecule has 7 heteroatoms. The molecule has 1 heterocycles. The smallest absolute Gasteiger partial charge is 0.416 e. The standard InChI is InChI=1S/C27H45NO5Si/c1-17(2)34(18(3)4,19(5)6)33-22(9)20(7)25(29)21(8)26(30)28-24(16-32-27(28)31)15-23-13-11-10-12-14-23/h10-14,17-22,24-25,29H,15-16H2,1-9H3/t20-,21+,22+,24+,25-/m0/s1. The lowest BCUT2D eigenvalue weighted by Crippen LogP contribution is -2.53. The van der Waals surface area contributed by atoms with Gasteiger partial charge in [0.15, 0.2) is 0 Å². The molecule has 0 aromatic heterocycles. The highest BCUT2D eigenvalue weighted by Gasteiger charge is 2.48. The summed E-state index contributed by atoms with van der Waals surface area (Å²) in [5.41, 5.74) is 2.31. The first-order chi connectivity index (χ1) is 15.8. The summed E-state index contributed by atoms with van der Waals surface area (Å²) >= 11 is 0. The predicted molar refractivity (Wildman–Crippen MR) is 138 cm³/mol. The highest BCUT2D eigenvalue weighted by atomic mass is 28.4. The zero-order valence-electron chi connectivity index (χ0n) is 22.4. The molecular weight excluding hydrogens is 446 g/mol. The lowest BCUT2D eigenvalue weighted by Gasteiger charge is -2.45. The number of hydrogen-bond acceptors (Lipinski definition) is 5. The van der Waals surface area contributed by atoms with Crippen molar-refractivity contribution in [1.29, 1.82) is 0 Å². The predicted octanol–water partition coefficient (Wildman–Crippen LogP) is 5.79. The van der Waals surface area contributed by atoms with Gasteiger partial charge < -0.3 is 14.3 Å². The third-order valence-corrected chi connectivity index (χ3v) is 14.0. The molecule has 0 unspecified atom stereocenters. The second kappa shape index (κ2) is 11.8. The Balaban J connectivity index is 2.15.